The van der Waals surface area contributed by atoms with E-state index in [9.17, 15) is 0 Å². The second-order valence-corrected chi connectivity index (χ2v) is 5.01. The Kier molecular flexibility index (Phi) is 3.45. The first-order valence-corrected chi connectivity index (χ1v) is 6.08. The van der Waals surface area contributed by atoms with E-state index in [0.717, 1.165) is 6.54 Å². The normalized spacial score (nSPS) is 22.2. The number of benzene rings is 1. The summed E-state index contributed by atoms with van der Waals surface area (Å²) in [6.45, 7) is 6.81. The highest BCUT2D eigenvalue weighted by Gasteiger charge is 2.23. The van der Waals surface area contributed by atoms with Gasteiger partial charge in [-0.3, -0.25) is 0 Å². The molecule has 2 rings (SSSR count). The molecule has 1 aliphatic rings. The minimum Gasteiger partial charge on any atom is -0.302 e. The van der Waals surface area contributed by atoms with Gasteiger partial charge in [-0.1, -0.05) is 41.5 Å². The average Bonchev–Trinajstić information content (AvgIpc) is 2.30. The maximum Gasteiger partial charge on any atom is 0.0198 e. The number of piperidine rings is 1. The lowest BCUT2D eigenvalue weighted by molar-refractivity contribution is 0.304. The predicted molar refractivity (Wildman–Crippen MR) is 69.7 cm³/mol. The summed E-state index contributed by atoms with van der Waals surface area (Å²) in [4.78, 5) is 2.42. The van der Waals surface area contributed by atoms with Crippen molar-refractivity contribution in [2.24, 2.45) is 0 Å². The van der Waals surface area contributed by atoms with Gasteiger partial charge in [0, 0.05) is 12.5 Å². The molecule has 1 atom stereocenters. The van der Waals surface area contributed by atoms with Gasteiger partial charge in [0.2, 0.25) is 0 Å². The molecule has 1 heteroatoms. The minimum atomic E-state index is 0.641. The molecule has 1 heterocycles. The first-order chi connectivity index (χ1) is 7.68. The molecule has 1 aromatic rings. The van der Waals surface area contributed by atoms with Crippen LogP contribution < -0.4 is 0 Å². The van der Waals surface area contributed by atoms with Crippen LogP contribution in [0.15, 0.2) is 41.5 Å². The molecule has 86 valence electrons. The molecule has 0 bridgehead atoms. The van der Waals surface area contributed by atoms with E-state index in [2.05, 4.69) is 56.1 Å². The standard InChI is InChI=1S/C15H21N/c1-12(2)15-11-16(3)10-9-14(15)13-7-5-4-6-8-13/h4-8,14H,9-11H2,1-3H3. The first kappa shape index (κ1) is 11.4. The zero-order valence-corrected chi connectivity index (χ0v) is 10.5. The summed E-state index contributed by atoms with van der Waals surface area (Å²) in [6.07, 6.45) is 1.25. The maximum absolute atomic E-state index is 2.42. The third kappa shape index (κ3) is 2.35. The molecule has 0 amide bonds. The molecule has 0 N–H and O–H groups in total. The molecule has 1 unspecified atom stereocenters. The molecule has 16 heavy (non-hydrogen) atoms. The van der Waals surface area contributed by atoms with Crippen LogP contribution in [0.3, 0.4) is 0 Å². The molecule has 1 fully saturated rings. The molecular weight excluding hydrogens is 194 g/mol. The fraction of sp³-hybridized carbons (Fsp3) is 0.467. The molecule has 0 saturated carbocycles. The van der Waals surface area contributed by atoms with Crippen LogP contribution >= 0.6 is 0 Å². The molecule has 0 radical (unpaired) electrons. The Morgan fingerprint density at radius 2 is 1.88 bits per heavy atom. The van der Waals surface area contributed by atoms with Gasteiger partial charge < -0.3 is 4.90 Å². The van der Waals surface area contributed by atoms with Gasteiger partial charge in [0.25, 0.3) is 0 Å². The van der Waals surface area contributed by atoms with Gasteiger partial charge in [0.15, 0.2) is 0 Å². The van der Waals surface area contributed by atoms with Gasteiger partial charge in [0.1, 0.15) is 0 Å². The molecule has 0 aliphatic carbocycles. The molecule has 1 nitrogen and oxygen atoms in total. The second-order valence-electron chi connectivity index (χ2n) is 5.01. The highest BCUT2D eigenvalue weighted by molar-refractivity contribution is 5.33. The van der Waals surface area contributed by atoms with Crippen LogP contribution in [0.4, 0.5) is 0 Å². The molecule has 1 saturated heterocycles. The van der Waals surface area contributed by atoms with Crippen molar-refractivity contribution in [2.75, 3.05) is 20.1 Å². The van der Waals surface area contributed by atoms with E-state index in [4.69, 9.17) is 0 Å². The molecule has 0 spiro atoms. The van der Waals surface area contributed by atoms with E-state index >= 15 is 0 Å². The summed E-state index contributed by atoms with van der Waals surface area (Å²) in [7, 11) is 2.21. The van der Waals surface area contributed by atoms with Crippen LogP contribution in [0, 0.1) is 0 Å². The van der Waals surface area contributed by atoms with E-state index in [1.165, 1.54) is 24.1 Å². The number of hydrogen-bond acceptors (Lipinski definition) is 1. The maximum atomic E-state index is 2.42. The van der Waals surface area contributed by atoms with E-state index < -0.39 is 0 Å². The quantitative estimate of drug-likeness (QED) is 0.649. The summed E-state index contributed by atoms with van der Waals surface area (Å²) >= 11 is 0. The zero-order valence-electron chi connectivity index (χ0n) is 10.5. The Labute approximate surface area is 98.8 Å². The van der Waals surface area contributed by atoms with Crippen molar-refractivity contribution in [2.45, 2.75) is 26.2 Å². The number of allylic oxidation sites excluding steroid dienone is 1. The van der Waals surface area contributed by atoms with Gasteiger partial charge in [-0.05, 0) is 39.4 Å². The van der Waals surface area contributed by atoms with Gasteiger partial charge >= 0.3 is 0 Å². The monoisotopic (exact) mass is 215 g/mol. The fourth-order valence-corrected chi connectivity index (χ4v) is 2.56. The lowest BCUT2D eigenvalue weighted by Gasteiger charge is -2.33. The summed E-state index contributed by atoms with van der Waals surface area (Å²) < 4.78 is 0. The smallest absolute Gasteiger partial charge is 0.0198 e. The highest BCUT2D eigenvalue weighted by atomic mass is 15.1. The first-order valence-electron chi connectivity index (χ1n) is 6.08. The van der Waals surface area contributed by atoms with Crippen LogP contribution in [0.25, 0.3) is 0 Å². The molecule has 0 aromatic heterocycles. The van der Waals surface area contributed by atoms with Crippen LogP contribution in [0.5, 0.6) is 0 Å². The summed E-state index contributed by atoms with van der Waals surface area (Å²) in [5, 5.41) is 0. The third-order valence-corrected chi connectivity index (χ3v) is 3.50. The second kappa shape index (κ2) is 4.84. The Bertz CT molecular complexity index is 374. The van der Waals surface area contributed by atoms with Crippen LogP contribution in [-0.2, 0) is 0 Å². The van der Waals surface area contributed by atoms with Crippen molar-refractivity contribution in [3.63, 3.8) is 0 Å². The number of likely N-dealkylation sites (N-methyl/N-ethyl adjacent to an activating group) is 1. The number of hydrogen-bond donors (Lipinski definition) is 0. The van der Waals surface area contributed by atoms with Gasteiger partial charge in [-0.25, -0.2) is 0 Å². The highest BCUT2D eigenvalue weighted by Crippen LogP contribution is 2.33. The number of rotatable bonds is 1. The third-order valence-electron chi connectivity index (χ3n) is 3.50. The van der Waals surface area contributed by atoms with Gasteiger partial charge in [-0.2, -0.15) is 0 Å². The molecule has 1 aromatic carbocycles. The predicted octanol–water partition coefficient (Wildman–Crippen LogP) is 3.44. The Morgan fingerprint density at radius 3 is 2.50 bits per heavy atom. The van der Waals surface area contributed by atoms with E-state index in [0.29, 0.717) is 5.92 Å². The summed E-state index contributed by atoms with van der Waals surface area (Å²) in [6, 6.07) is 10.9. The Balaban J connectivity index is 2.30. The average molecular weight is 215 g/mol. The number of nitrogens with zero attached hydrogens (tertiary/aromatic N) is 1. The van der Waals surface area contributed by atoms with E-state index in [1.807, 2.05) is 0 Å². The van der Waals surface area contributed by atoms with Crippen molar-refractivity contribution in [3.05, 3.63) is 47.0 Å². The van der Waals surface area contributed by atoms with Crippen molar-refractivity contribution in [1.82, 2.24) is 4.90 Å². The number of likely N-dealkylation sites (tertiary alicyclic amines) is 1. The Hall–Kier alpha value is -1.08. The lowest BCUT2D eigenvalue weighted by atomic mass is 9.83. The van der Waals surface area contributed by atoms with Gasteiger partial charge in [0.05, 0.1) is 0 Å². The summed E-state index contributed by atoms with van der Waals surface area (Å²) in [5.41, 5.74) is 4.58. The van der Waals surface area contributed by atoms with Crippen LogP contribution in [-0.4, -0.2) is 25.0 Å². The van der Waals surface area contributed by atoms with E-state index in [-0.39, 0.29) is 0 Å². The molecule has 1 aliphatic heterocycles. The van der Waals surface area contributed by atoms with Crippen molar-refractivity contribution >= 4 is 0 Å². The van der Waals surface area contributed by atoms with Gasteiger partial charge in [-0.15, -0.1) is 0 Å². The van der Waals surface area contributed by atoms with Crippen LogP contribution in [0.2, 0.25) is 0 Å². The van der Waals surface area contributed by atoms with Crippen molar-refractivity contribution in [1.29, 1.82) is 0 Å². The topological polar surface area (TPSA) is 3.24 Å². The minimum absolute atomic E-state index is 0.641. The zero-order chi connectivity index (χ0) is 11.5. The SMILES string of the molecule is CC(C)=C1CN(C)CCC1c1ccccc1. The van der Waals surface area contributed by atoms with Crippen molar-refractivity contribution in [3.8, 4) is 0 Å². The van der Waals surface area contributed by atoms with Crippen molar-refractivity contribution < 1.29 is 0 Å². The Morgan fingerprint density at radius 1 is 1.19 bits per heavy atom. The fourth-order valence-electron chi connectivity index (χ4n) is 2.56. The largest absolute Gasteiger partial charge is 0.302 e. The van der Waals surface area contributed by atoms with E-state index in [1.54, 1.807) is 5.57 Å². The van der Waals surface area contributed by atoms with Crippen LogP contribution in [0.1, 0.15) is 31.7 Å². The summed E-state index contributed by atoms with van der Waals surface area (Å²) in [5.74, 6) is 0.641. The molecular formula is C15H21N. The lowest BCUT2D eigenvalue weighted by Crippen LogP contribution is -2.32.